The SMILES string of the molecule is CCCNc1cc([N+](=O)[O-])cc(NC2CCC(C)C2)n1. The first-order chi connectivity index (χ1) is 9.58. The van der Waals surface area contributed by atoms with Crippen molar-refractivity contribution in [3.8, 4) is 0 Å². The average molecular weight is 278 g/mol. The number of hydrogen-bond acceptors (Lipinski definition) is 5. The van der Waals surface area contributed by atoms with Gasteiger partial charge in [-0.3, -0.25) is 10.1 Å². The molecule has 1 aliphatic rings. The van der Waals surface area contributed by atoms with Crippen LogP contribution in [0.1, 0.15) is 39.5 Å². The van der Waals surface area contributed by atoms with E-state index in [2.05, 4.69) is 22.5 Å². The number of pyridine rings is 1. The lowest BCUT2D eigenvalue weighted by Crippen LogP contribution is -2.17. The van der Waals surface area contributed by atoms with E-state index in [4.69, 9.17) is 0 Å². The molecule has 2 atom stereocenters. The Morgan fingerprint density at radius 3 is 2.75 bits per heavy atom. The maximum absolute atomic E-state index is 11.0. The molecule has 0 saturated heterocycles. The van der Waals surface area contributed by atoms with Crippen molar-refractivity contribution >= 4 is 17.3 Å². The topological polar surface area (TPSA) is 80.1 Å². The van der Waals surface area contributed by atoms with Crippen LogP contribution in [0, 0.1) is 16.0 Å². The molecule has 2 rings (SSSR count). The Morgan fingerprint density at radius 1 is 1.40 bits per heavy atom. The van der Waals surface area contributed by atoms with Crippen LogP contribution < -0.4 is 10.6 Å². The molecule has 0 amide bonds. The zero-order valence-corrected chi connectivity index (χ0v) is 12.1. The number of nitrogens with one attached hydrogen (secondary N) is 2. The van der Waals surface area contributed by atoms with Crippen LogP contribution in [0.2, 0.25) is 0 Å². The van der Waals surface area contributed by atoms with E-state index >= 15 is 0 Å². The fourth-order valence-corrected chi connectivity index (χ4v) is 2.59. The molecule has 6 heteroatoms. The minimum absolute atomic E-state index is 0.0761. The quantitative estimate of drug-likeness (QED) is 0.615. The maximum atomic E-state index is 11.0. The fraction of sp³-hybridized carbons (Fsp3) is 0.643. The Hall–Kier alpha value is -1.85. The largest absolute Gasteiger partial charge is 0.370 e. The molecule has 1 aromatic heterocycles. The summed E-state index contributed by atoms with van der Waals surface area (Å²) in [5.74, 6) is 1.87. The van der Waals surface area contributed by atoms with Crippen molar-refractivity contribution in [2.75, 3.05) is 17.2 Å². The van der Waals surface area contributed by atoms with E-state index in [0.717, 1.165) is 25.8 Å². The molecule has 0 bridgehead atoms. The second kappa shape index (κ2) is 6.54. The van der Waals surface area contributed by atoms with Gasteiger partial charge in [0.05, 0.1) is 17.1 Å². The average Bonchev–Trinajstić information content (AvgIpc) is 2.81. The molecule has 2 N–H and O–H groups in total. The molecule has 1 aliphatic carbocycles. The van der Waals surface area contributed by atoms with E-state index in [-0.39, 0.29) is 10.6 Å². The van der Waals surface area contributed by atoms with Crippen molar-refractivity contribution in [2.45, 2.75) is 45.6 Å². The number of nitrogens with zero attached hydrogens (tertiary/aromatic N) is 2. The highest BCUT2D eigenvalue weighted by Crippen LogP contribution is 2.28. The monoisotopic (exact) mass is 278 g/mol. The van der Waals surface area contributed by atoms with Gasteiger partial charge in [0, 0.05) is 12.6 Å². The van der Waals surface area contributed by atoms with Crippen LogP contribution in [-0.2, 0) is 0 Å². The minimum Gasteiger partial charge on any atom is -0.370 e. The maximum Gasteiger partial charge on any atom is 0.276 e. The summed E-state index contributed by atoms with van der Waals surface area (Å²) < 4.78 is 0. The molecular weight excluding hydrogens is 256 g/mol. The summed E-state index contributed by atoms with van der Waals surface area (Å²) in [4.78, 5) is 15.0. The molecule has 110 valence electrons. The van der Waals surface area contributed by atoms with Crippen molar-refractivity contribution in [3.63, 3.8) is 0 Å². The summed E-state index contributed by atoms with van der Waals surface area (Å²) in [6.45, 7) is 5.04. The number of rotatable bonds is 6. The second-order valence-corrected chi connectivity index (χ2v) is 5.54. The highest BCUT2D eigenvalue weighted by molar-refractivity contribution is 5.55. The predicted octanol–water partition coefficient (Wildman–Crippen LogP) is 3.41. The Labute approximate surface area is 119 Å². The number of aromatic nitrogens is 1. The van der Waals surface area contributed by atoms with Gasteiger partial charge in [0.25, 0.3) is 5.69 Å². The first kappa shape index (κ1) is 14.6. The molecule has 6 nitrogen and oxygen atoms in total. The Bertz CT molecular complexity index is 478. The van der Waals surface area contributed by atoms with Gasteiger partial charge in [-0.05, 0) is 31.6 Å². The van der Waals surface area contributed by atoms with Crippen molar-refractivity contribution in [1.29, 1.82) is 0 Å². The van der Waals surface area contributed by atoms with Gasteiger partial charge in [0.2, 0.25) is 0 Å². The zero-order valence-electron chi connectivity index (χ0n) is 12.1. The van der Waals surface area contributed by atoms with Gasteiger partial charge in [-0.1, -0.05) is 13.8 Å². The van der Waals surface area contributed by atoms with E-state index < -0.39 is 0 Å². The van der Waals surface area contributed by atoms with Crippen molar-refractivity contribution in [1.82, 2.24) is 4.98 Å². The van der Waals surface area contributed by atoms with Crippen LogP contribution in [0.25, 0.3) is 0 Å². The van der Waals surface area contributed by atoms with Gasteiger partial charge in [-0.15, -0.1) is 0 Å². The number of hydrogen-bond donors (Lipinski definition) is 2. The predicted molar refractivity (Wildman–Crippen MR) is 80.1 cm³/mol. The highest BCUT2D eigenvalue weighted by atomic mass is 16.6. The van der Waals surface area contributed by atoms with Crippen LogP contribution in [0.3, 0.4) is 0 Å². The second-order valence-electron chi connectivity index (χ2n) is 5.54. The van der Waals surface area contributed by atoms with E-state index in [1.54, 1.807) is 0 Å². The van der Waals surface area contributed by atoms with Gasteiger partial charge in [0.1, 0.15) is 11.6 Å². The standard InChI is InChI=1S/C14H22N4O2/c1-3-6-15-13-8-12(18(19)20)9-14(17-13)16-11-5-4-10(2)7-11/h8-11H,3-7H2,1-2H3,(H2,15,16,17). The number of anilines is 2. The van der Waals surface area contributed by atoms with Crippen molar-refractivity contribution < 1.29 is 4.92 Å². The highest BCUT2D eigenvalue weighted by Gasteiger charge is 2.22. The van der Waals surface area contributed by atoms with Crippen LogP contribution in [0.4, 0.5) is 17.3 Å². The zero-order chi connectivity index (χ0) is 14.5. The summed E-state index contributed by atoms with van der Waals surface area (Å²) in [6, 6.07) is 3.37. The van der Waals surface area contributed by atoms with Crippen LogP contribution in [0.15, 0.2) is 12.1 Å². The molecule has 0 aromatic carbocycles. The van der Waals surface area contributed by atoms with E-state index in [0.29, 0.717) is 23.6 Å². The van der Waals surface area contributed by atoms with E-state index in [1.165, 1.54) is 18.6 Å². The first-order valence-corrected chi connectivity index (χ1v) is 7.25. The molecule has 0 radical (unpaired) electrons. The van der Waals surface area contributed by atoms with Gasteiger partial charge < -0.3 is 10.6 Å². The van der Waals surface area contributed by atoms with Crippen LogP contribution in [-0.4, -0.2) is 22.5 Å². The fourth-order valence-electron chi connectivity index (χ4n) is 2.59. The normalized spacial score (nSPS) is 21.7. The van der Waals surface area contributed by atoms with Crippen molar-refractivity contribution in [3.05, 3.63) is 22.2 Å². The van der Waals surface area contributed by atoms with Gasteiger partial charge in [0.15, 0.2) is 0 Å². The molecule has 1 heterocycles. The third-order valence-corrected chi connectivity index (χ3v) is 3.62. The van der Waals surface area contributed by atoms with E-state index in [1.807, 2.05) is 6.92 Å². The summed E-state index contributed by atoms with van der Waals surface area (Å²) in [5.41, 5.74) is 0.0761. The third kappa shape index (κ3) is 3.82. The molecular formula is C14H22N4O2. The summed E-state index contributed by atoms with van der Waals surface area (Å²) in [5, 5.41) is 17.4. The van der Waals surface area contributed by atoms with Gasteiger partial charge in [-0.25, -0.2) is 4.98 Å². The Morgan fingerprint density at radius 2 is 2.15 bits per heavy atom. The number of nitro groups is 1. The lowest BCUT2D eigenvalue weighted by atomic mass is 10.1. The molecule has 1 saturated carbocycles. The van der Waals surface area contributed by atoms with Gasteiger partial charge in [-0.2, -0.15) is 0 Å². The first-order valence-electron chi connectivity index (χ1n) is 7.25. The molecule has 1 fully saturated rings. The summed E-state index contributed by atoms with van der Waals surface area (Å²) >= 11 is 0. The third-order valence-electron chi connectivity index (χ3n) is 3.62. The Kier molecular flexibility index (Phi) is 4.76. The molecule has 0 aliphatic heterocycles. The van der Waals surface area contributed by atoms with Gasteiger partial charge >= 0.3 is 0 Å². The summed E-state index contributed by atoms with van der Waals surface area (Å²) in [6.07, 6.45) is 4.35. The lowest BCUT2D eigenvalue weighted by molar-refractivity contribution is -0.384. The molecule has 1 aromatic rings. The smallest absolute Gasteiger partial charge is 0.276 e. The molecule has 2 unspecified atom stereocenters. The van der Waals surface area contributed by atoms with Crippen molar-refractivity contribution in [2.24, 2.45) is 5.92 Å². The minimum atomic E-state index is -0.374. The van der Waals surface area contributed by atoms with Crippen LogP contribution in [0.5, 0.6) is 0 Å². The molecule has 0 spiro atoms. The van der Waals surface area contributed by atoms with Crippen LogP contribution >= 0.6 is 0 Å². The Balaban J connectivity index is 2.13. The molecule has 20 heavy (non-hydrogen) atoms. The van der Waals surface area contributed by atoms with E-state index in [9.17, 15) is 10.1 Å². The lowest BCUT2D eigenvalue weighted by Gasteiger charge is -2.14. The summed E-state index contributed by atoms with van der Waals surface area (Å²) in [7, 11) is 0.